The van der Waals surface area contributed by atoms with Crippen LogP contribution >= 0.6 is 11.3 Å². The first-order chi connectivity index (χ1) is 8.39. The molecule has 0 N–H and O–H groups in total. The van der Waals surface area contributed by atoms with Crippen LogP contribution in [-0.4, -0.2) is 23.3 Å². The van der Waals surface area contributed by atoms with E-state index in [4.69, 9.17) is 14.3 Å². The minimum Gasteiger partial charge on any atom is -0.398 e. The molecule has 2 fully saturated rings. The van der Waals surface area contributed by atoms with Crippen molar-refractivity contribution in [3.05, 3.63) is 10.4 Å². The van der Waals surface area contributed by atoms with Crippen molar-refractivity contribution in [1.82, 2.24) is 4.98 Å². The fourth-order valence-corrected chi connectivity index (χ4v) is 3.21. The third kappa shape index (κ3) is 1.93. The molecule has 0 atom stereocenters. The molecule has 1 aliphatic heterocycles. The van der Waals surface area contributed by atoms with Crippen LogP contribution in [-0.2, 0) is 9.31 Å². The van der Waals surface area contributed by atoms with Crippen molar-refractivity contribution in [1.29, 1.82) is 0 Å². The number of aromatic nitrogens is 1. The van der Waals surface area contributed by atoms with Gasteiger partial charge in [0.1, 0.15) is 0 Å². The molecular formula is C13H20BNO2S. The maximum Gasteiger partial charge on any atom is 0.515 e. The molecule has 98 valence electrons. The zero-order valence-electron chi connectivity index (χ0n) is 11.5. The summed E-state index contributed by atoms with van der Waals surface area (Å²) in [5.74, 6) is 0.686. The predicted octanol–water partition coefficient (Wildman–Crippen LogP) is 2.71. The van der Waals surface area contributed by atoms with Crippen LogP contribution in [0.2, 0.25) is 0 Å². The lowest BCUT2D eigenvalue weighted by molar-refractivity contribution is 0.00578. The maximum absolute atomic E-state index is 6.02. The zero-order valence-corrected chi connectivity index (χ0v) is 12.3. The Labute approximate surface area is 113 Å². The van der Waals surface area contributed by atoms with Gasteiger partial charge in [-0.05, 0) is 40.5 Å². The average molecular weight is 265 g/mol. The van der Waals surface area contributed by atoms with Gasteiger partial charge in [0.15, 0.2) is 0 Å². The van der Waals surface area contributed by atoms with E-state index >= 15 is 0 Å². The molecule has 1 aliphatic carbocycles. The monoisotopic (exact) mass is 265 g/mol. The van der Waals surface area contributed by atoms with Crippen LogP contribution in [0.15, 0.2) is 5.38 Å². The highest BCUT2D eigenvalue weighted by atomic mass is 32.1. The summed E-state index contributed by atoms with van der Waals surface area (Å²) < 4.78 is 12.0. The van der Waals surface area contributed by atoms with Crippen molar-refractivity contribution < 1.29 is 9.31 Å². The summed E-state index contributed by atoms with van der Waals surface area (Å²) in [6.07, 6.45) is 3.92. The second kappa shape index (κ2) is 4.05. The van der Waals surface area contributed by atoms with E-state index in [-0.39, 0.29) is 18.3 Å². The van der Waals surface area contributed by atoms with Crippen LogP contribution in [0.25, 0.3) is 0 Å². The molecule has 0 radical (unpaired) electrons. The van der Waals surface area contributed by atoms with E-state index in [1.165, 1.54) is 24.3 Å². The lowest BCUT2D eigenvalue weighted by Crippen LogP contribution is -2.41. The standard InChI is InChI=1S/C13H20BNO2S/c1-12(2)13(3,4)17-14(16-12)10-8-18-11(15-10)9-6-5-7-9/h8-9H,5-7H2,1-4H3. The first kappa shape index (κ1) is 12.6. The van der Waals surface area contributed by atoms with Crippen LogP contribution in [0.3, 0.4) is 0 Å². The molecule has 1 aromatic rings. The maximum atomic E-state index is 6.02. The normalized spacial score (nSPS) is 26.3. The third-order valence-electron chi connectivity index (χ3n) is 4.49. The van der Waals surface area contributed by atoms with E-state index in [1.807, 2.05) is 0 Å². The van der Waals surface area contributed by atoms with E-state index in [0.717, 1.165) is 5.59 Å². The second-order valence-electron chi connectivity index (χ2n) is 6.33. The molecule has 18 heavy (non-hydrogen) atoms. The topological polar surface area (TPSA) is 31.4 Å². The van der Waals surface area contributed by atoms with Gasteiger partial charge in [0.05, 0.1) is 21.8 Å². The largest absolute Gasteiger partial charge is 0.515 e. The van der Waals surface area contributed by atoms with E-state index in [9.17, 15) is 0 Å². The summed E-state index contributed by atoms with van der Waals surface area (Å²) in [5, 5.41) is 3.35. The molecule has 1 saturated heterocycles. The van der Waals surface area contributed by atoms with Crippen molar-refractivity contribution in [3.8, 4) is 0 Å². The lowest BCUT2D eigenvalue weighted by atomic mass is 9.84. The molecule has 2 aliphatic rings. The van der Waals surface area contributed by atoms with Gasteiger partial charge >= 0.3 is 7.12 Å². The second-order valence-corrected chi connectivity index (χ2v) is 7.22. The predicted molar refractivity (Wildman–Crippen MR) is 74.4 cm³/mol. The van der Waals surface area contributed by atoms with Crippen LogP contribution < -0.4 is 5.59 Å². The van der Waals surface area contributed by atoms with Gasteiger partial charge in [-0.25, -0.2) is 4.98 Å². The van der Waals surface area contributed by atoms with Gasteiger partial charge in [0.2, 0.25) is 0 Å². The first-order valence-electron chi connectivity index (χ1n) is 6.70. The Hall–Kier alpha value is -0.385. The van der Waals surface area contributed by atoms with Crippen LogP contribution in [0.5, 0.6) is 0 Å². The minimum absolute atomic E-state index is 0.280. The van der Waals surface area contributed by atoms with E-state index < -0.39 is 0 Å². The lowest BCUT2D eigenvalue weighted by Gasteiger charge is -2.32. The van der Waals surface area contributed by atoms with Crippen molar-refractivity contribution >= 4 is 24.0 Å². The van der Waals surface area contributed by atoms with Gasteiger partial charge in [-0.15, -0.1) is 11.3 Å². The molecule has 0 unspecified atom stereocenters. The van der Waals surface area contributed by atoms with Crippen molar-refractivity contribution in [2.75, 3.05) is 0 Å². The number of thiazole rings is 1. The number of hydrogen-bond donors (Lipinski definition) is 0. The van der Waals surface area contributed by atoms with Crippen LogP contribution in [0.4, 0.5) is 0 Å². The number of hydrogen-bond acceptors (Lipinski definition) is 4. The SMILES string of the molecule is CC1(C)OB(c2csc(C3CCC3)n2)OC1(C)C. The Morgan fingerprint density at radius 3 is 2.33 bits per heavy atom. The fourth-order valence-electron chi connectivity index (χ4n) is 2.22. The summed E-state index contributed by atoms with van der Waals surface area (Å²) in [6, 6.07) is 0. The number of nitrogens with zero attached hydrogens (tertiary/aromatic N) is 1. The van der Waals surface area contributed by atoms with Gasteiger partial charge in [0.25, 0.3) is 0 Å². The molecule has 1 aromatic heterocycles. The molecule has 0 spiro atoms. The van der Waals surface area contributed by atoms with Gasteiger partial charge in [-0.1, -0.05) is 6.42 Å². The van der Waals surface area contributed by atoms with Gasteiger partial charge in [0, 0.05) is 11.3 Å². The van der Waals surface area contributed by atoms with E-state index in [0.29, 0.717) is 5.92 Å². The van der Waals surface area contributed by atoms with Gasteiger partial charge in [-0.2, -0.15) is 0 Å². The summed E-state index contributed by atoms with van der Waals surface area (Å²) in [6.45, 7) is 8.30. The quantitative estimate of drug-likeness (QED) is 0.770. The summed E-state index contributed by atoms with van der Waals surface area (Å²) in [5.41, 5.74) is 0.385. The van der Waals surface area contributed by atoms with E-state index in [2.05, 4.69) is 33.1 Å². The Kier molecular flexibility index (Phi) is 2.85. The average Bonchev–Trinajstić information content (AvgIpc) is 2.68. The molecule has 3 nitrogen and oxygen atoms in total. The molecule has 0 amide bonds. The Bertz CT molecular complexity index is 438. The molecule has 3 rings (SSSR count). The van der Waals surface area contributed by atoms with E-state index in [1.54, 1.807) is 11.3 Å². The smallest absolute Gasteiger partial charge is 0.398 e. The summed E-state index contributed by atoms with van der Waals surface area (Å²) >= 11 is 1.75. The molecule has 5 heteroatoms. The van der Waals surface area contributed by atoms with Crippen LogP contribution in [0, 0.1) is 0 Å². The highest BCUT2D eigenvalue weighted by molar-refractivity contribution is 7.10. The molecular weight excluding hydrogens is 245 g/mol. The highest BCUT2D eigenvalue weighted by Gasteiger charge is 2.52. The number of rotatable bonds is 2. The Balaban J connectivity index is 1.78. The summed E-state index contributed by atoms with van der Waals surface area (Å²) in [7, 11) is -0.305. The van der Waals surface area contributed by atoms with Crippen molar-refractivity contribution in [2.24, 2.45) is 0 Å². The molecule has 1 saturated carbocycles. The summed E-state index contributed by atoms with van der Waals surface area (Å²) in [4.78, 5) is 4.71. The van der Waals surface area contributed by atoms with Gasteiger partial charge in [-0.3, -0.25) is 0 Å². The molecule has 2 heterocycles. The molecule has 0 aromatic carbocycles. The molecule has 0 bridgehead atoms. The van der Waals surface area contributed by atoms with Crippen LogP contribution in [0.1, 0.15) is 57.9 Å². The van der Waals surface area contributed by atoms with Gasteiger partial charge < -0.3 is 9.31 Å². The fraction of sp³-hybridized carbons (Fsp3) is 0.769. The van der Waals surface area contributed by atoms with Crippen molar-refractivity contribution in [2.45, 2.75) is 64.1 Å². The Morgan fingerprint density at radius 1 is 1.22 bits per heavy atom. The first-order valence-corrected chi connectivity index (χ1v) is 7.58. The zero-order chi connectivity index (χ0) is 13.0. The third-order valence-corrected chi connectivity index (χ3v) is 5.51. The van der Waals surface area contributed by atoms with Crippen molar-refractivity contribution in [3.63, 3.8) is 0 Å². The minimum atomic E-state index is -0.305. The highest BCUT2D eigenvalue weighted by Crippen LogP contribution is 2.39. The Morgan fingerprint density at radius 2 is 1.83 bits per heavy atom.